The highest BCUT2D eigenvalue weighted by Crippen LogP contribution is 2.65. The molecule has 1 aromatic rings. The normalized spacial score (nSPS) is 41.0. The number of carbonyl (C=O) groups excluding carboxylic acids is 1. The summed E-state index contributed by atoms with van der Waals surface area (Å²) in [7, 11) is 0. The van der Waals surface area contributed by atoms with Gasteiger partial charge >= 0.3 is 0 Å². The predicted molar refractivity (Wildman–Crippen MR) is 130 cm³/mol. The van der Waals surface area contributed by atoms with Crippen molar-refractivity contribution in [3.8, 4) is 0 Å². The van der Waals surface area contributed by atoms with E-state index in [0.717, 1.165) is 49.9 Å². The maximum absolute atomic E-state index is 13.6. The summed E-state index contributed by atoms with van der Waals surface area (Å²) in [4.78, 5) is 17.3. The number of aromatic nitrogens is 3. The fraction of sp³-hybridized carbons (Fsp3) is 0.778. The number of halogens is 2. The Balaban J connectivity index is 1.30. The van der Waals surface area contributed by atoms with Crippen LogP contribution in [0.15, 0.2) is 11.2 Å². The predicted octanol–water partition coefficient (Wildman–Crippen LogP) is 5.09. The lowest BCUT2D eigenvalue weighted by atomic mass is 9.49. The lowest BCUT2D eigenvalue weighted by Crippen LogP contribution is -2.53. The van der Waals surface area contributed by atoms with Crippen molar-refractivity contribution >= 4 is 18.6 Å². The molecule has 6 nitrogen and oxygen atoms in total. The number of hydrogen-bond donors (Lipinski definition) is 1. The van der Waals surface area contributed by atoms with E-state index in [0.29, 0.717) is 30.1 Å². The standard InChI is InChI=1S/C27H38F2N4O2/c1-16-23(10-13-30-3)33(32-31-16)15-24(34)22-7-6-21-20-5-4-17-14-27(35,25(28)29)12-9-18(17)19(20)8-11-26(21,22)2/h10,13,17-22,25,35H,3-9,11-12,14-15H2,1-2H3/b13-10-/t17-,18+,19-,20-,21+,22-,26+,27-/m1/s1. The van der Waals surface area contributed by atoms with Crippen LogP contribution < -0.4 is 0 Å². The highest BCUT2D eigenvalue weighted by Gasteiger charge is 2.59. The second-order valence-electron chi connectivity index (χ2n) is 11.9. The molecule has 1 heterocycles. The Hall–Kier alpha value is -1.96. The zero-order valence-corrected chi connectivity index (χ0v) is 20.9. The number of alkyl halides is 2. The van der Waals surface area contributed by atoms with Gasteiger partial charge in [0.15, 0.2) is 5.78 Å². The van der Waals surface area contributed by atoms with E-state index in [-0.39, 0.29) is 42.4 Å². The zero-order valence-electron chi connectivity index (χ0n) is 20.9. The van der Waals surface area contributed by atoms with Gasteiger partial charge in [0.1, 0.15) is 12.1 Å². The minimum Gasteiger partial charge on any atom is -0.384 e. The van der Waals surface area contributed by atoms with Crippen LogP contribution in [0.2, 0.25) is 0 Å². The summed E-state index contributed by atoms with van der Waals surface area (Å²) in [6, 6.07) is 0. The third-order valence-corrected chi connectivity index (χ3v) is 10.4. The lowest BCUT2D eigenvalue weighted by molar-refractivity contribution is -0.160. The molecule has 4 saturated carbocycles. The summed E-state index contributed by atoms with van der Waals surface area (Å²) in [5.41, 5.74) is -0.264. The highest BCUT2D eigenvalue weighted by atomic mass is 19.3. The number of rotatable bonds is 6. The summed E-state index contributed by atoms with van der Waals surface area (Å²) in [6.07, 6.45) is 7.92. The van der Waals surface area contributed by atoms with Crippen molar-refractivity contribution in [1.29, 1.82) is 0 Å². The van der Waals surface area contributed by atoms with E-state index in [2.05, 4.69) is 28.9 Å². The first kappa shape index (κ1) is 24.7. The van der Waals surface area contributed by atoms with Gasteiger partial charge in [-0.15, -0.1) is 5.10 Å². The molecule has 35 heavy (non-hydrogen) atoms. The van der Waals surface area contributed by atoms with Gasteiger partial charge in [-0.05, 0) is 113 Å². The molecule has 0 bridgehead atoms. The third kappa shape index (κ3) is 4.09. The molecule has 0 aliphatic heterocycles. The summed E-state index contributed by atoms with van der Waals surface area (Å²) in [5, 5.41) is 18.8. The molecular weight excluding hydrogens is 450 g/mol. The number of aliphatic imine (C=N–C) groups is 1. The van der Waals surface area contributed by atoms with Crippen LogP contribution in [0.5, 0.6) is 0 Å². The summed E-state index contributed by atoms with van der Waals surface area (Å²) < 4.78 is 28.6. The van der Waals surface area contributed by atoms with Crippen LogP contribution in [0, 0.1) is 47.8 Å². The second-order valence-corrected chi connectivity index (χ2v) is 11.9. The molecule has 4 fully saturated rings. The molecule has 192 valence electrons. The molecule has 8 atom stereocenters. The molecule has 0 amide bonds. The van der Waals surface area contributed by atoms with Gasteiger partial charge in [0, 0.05) is 12.1 Å². The van der Waals surface area contributed by atoms with Crippen molar-refractivity contribution in [2.75, 3.05) is 0 Å². The maximum atomic E-state index is 13.6. The van der Waals surface area contributed by atoms with Crippen molar-refractivity contribution in [2.24, 2.45) is 45.9 Å². The zero-order chi connectivity index (χ0) is 25.0. The first-order valence-corrected chi connectivity index (χ1v) is 13.2. The number of carbonyl (C=O) groups is 1. The Morgan fingerprint density at radius 2 is 1.97 bits per heavy atom. The molecule has 4 aliphatic rings. The number of nitrogens with zero attached hydrogens (tertiary/aromatic N) is 4. The van der Waals surface area contributed by atoms with E-state index in [1.54, 1.807) is 17.0 Å². The van der Waals surface area contributed by atoms with Gasteiger partial charge in [0.2, 0.25) is 0 Å². The van der Waals surface area contributed by atoms with Crippen LogP contribution in [0.1, 0.15) is 76.1 Å². The highest BCUT2D eigenvalue weighted by molar-refractivity contribution is 5.82. The Labute approximate surface area is 206 Å². The molecule has 1 N–H and O–H groups in total. The summed E-state index contributed by atoms with van der Waals surface area (Å²) >= 11 is 0. The smallest absolute Gasteiger partial charge is 0.266 e. The first-order valence-electron chi connectivity index (χ1n) is 13.2. The Morgan fingerprint density at radius 3 is 2.71 bits per heavy atom. The van der Waals surface area contributed by atoms with Crippen molar-refractivity contribution in [3.05, 3.63) is 17.6 Å². The van der Waals surface area contributed by atoms with Crippen molar-refractivity contribution < 1.29 is 18.7 Å². The van der Waals surface area contributed by atoms with E-state index in [4.69, 9.17) is 0 Å². The Morgan fingerprint density at radius 1 is 1.20 bits per heavy atom. The molecule has 0 unspecified atom stereocenters. The van der Waals surface area contributed by atoms with Gasteiger partial charge in [-0.2, -0.15) is 0 Å². The van der Waals surface area contributed by atoms with Gasteiger partial charge in [-0.25, -0.2) is 13.5 Å². The molecule has 1 aromatic heterocycles. The van der Waals surface area contributed by atoms with Crippen molar-refractivity contribution in [3.63, 3.8) is 0 Å². The van der Waals surface area contributed by atoms with Gasteiger partial charge in [0.25, 0.3) is 6.43 Å². The minimum absolute atomic E-state index is 0.0142. The average molecular weight is 489 g/mol. The fourth-order valence-corrected chi connectivity index (χ4v) is 8.75. The molecule has 5 rings (SSSR count). The number of aryl methyl sites for hydroxylation is 1. The Bertz CT molecular complexity index is 1010. The van der Waals surface area contributed by atoms with Crippen molar-refractivity contribution in [2.45, 2.75) is 90.2 Å². The Kier molecular flexibility index (Phi) is 6.47. The molecule has 4 aliphatic carbocycles. The number of hydrogen-bond acceptors (Lipinski definition) is 5. The molecule has 0 spiro atoms. The quantitative estimate of drug-likeness (QED) is 0.566. The SMILES string of the molecule is C=N/C=C\c1c(C)nnn1CC(=O)[C@H]1CC[C@H]2[C@@H]3CC[C@@H]4C[C@@](O)(C(F)F)CC[C@@H]4[C@H]3CC[C@]12C. The van der Waals surface area contributed by atoms with E-state index < -0.39 is 12.0 Å². The van der Waals surface area contributed by atoms with E-state index in [1.165, 1.54) is 0 Å². The third-order valence-electron chi connectivity index (χ3n) is 10.4. The first-order chi connectivity index (χ1) is 16.7. The van der Waals surface area contributed by atoms with E-state index in [1.807, 2.05) is 6.92 Å². The van der Waals surface area contributed by atoms with Crippen LogP contribution in [0.25, 0.3) is 6.08 Å². The molecule has 8 heteroatoms. The van der Waals surface area contributed by atoms with Crippen LogP contribution in [0.3, 0.4) is 0 Å². The second kappa shape index (κ2) is 9.16. The van der Waals surface area contributed by atoms with Crippen molar-refractivity contribution in [1.82, 2.24) is 15.0 Å². The molecular formula is C27H38F2N4O2. The van der Waals surface area contributed by atoms with Gasteiger partial charge in [-0.3, -0.25) is 9.79 Å². The fourth-order valence-electron chi connectivity index (χ4n) is 8.75. The number of fused-ring (bicyclic) bond motifs is 5. The van der Waals surface area contributed by atoms with Crippen LogP contribution in [-0.4, -0.2) is 44.6 Å². The van der Waals surface area contributed by atoms with E-state index >= 15 is 0 Å². The summed E-state index contributed by atoms with van der Waals surface area (Å²) in [6.45, 7) is 7.88. The molecule has 0 radical (unpaired) electrons. The van der Waals surface area contributed by atoms with Crippen LogP contribution >= 0.6 is 0 Å². The number of ketones is 1. The largest absolute Gasteiger partial charge is 0.384 e. The monoisotopic (exact) mass is 488 g/mol. The van der Waals surface area contributed by atoms with Gasteiger partial charge < -0.3 is 5.11 Å². The van der Waals surface area contributed by atoms with Crippen LogP contribution in [-0.2, 0) is 11.3 Å². The molecule has 0 aromatic carbocycles. The topological polar surface area (TPSA) is 80.4 Å². The molecule has 0 saturated heterocycles. The summed E-state index contributed by atoms with van der Waals surface area (Å²) in [5.74, 6) is 2.51. The number of Topliss-reactive ketones (excluding diaryl/α,β-unsaturated/α-hetero) is 1. The maximum Gasteiger partial charge on any atom is 0.266 e. The lowest BCUT2D eigenvalue weighted by Gasteiger charge is -2.57. The van der Waals surface area contributed by atoms with Crippen LogP contribution in [0.4, 0.5) is 8.78 Å². The van der Waals surface area contributed by atoms with Gasteiger partial charge in [-0.1, -0.05) is 12.1 Å². The van der Waals surface area contributed by atoms with E-state index in [9.17, 15) is 18.7 Å². The van der Waals surface area contributed by atoms with Gasteiger partial charge in [0.05, 0.1) is 11.4 Å². The average Bonchev–Trinajstić information content (AvgIpc) is 3.36. The minimum atomic E-state index is -2.66. The number of aliphatic hydroxyl groups is 1.